The van der Waals surface area contributed by atoms with Crippen LogP contribution in [0.3, 0.4) is 0 Å². The fraction of sp³-hybridized carbons (Fsp3) is 0.909. The van der Waals surface area contributed by atoms with E-state index in [1.807, 2.05) is 0 Å². The van der Waals surface area contributed by atoms with Crippen molar-refractivity contribution in [1.29, 1.82) is 0 Å². The van der Waals surface area contributed by atoms with E-state index in [-0.39, 0.29) is 30.1 Å². The monoisotopic (exact) mass is 373 g/mol. The molecule has 0 aromatic heterocycles. The number of halogens is 1. The van der Waals surface area contributed by atoms with E-state index in [0.29, 0.717) is 32.3 Å². The first-order valence-electron chi connectivity index (χ1n) is 6.05. The van der Waals surface area contributed by atoms with Gasteiger partial charge in [0.25, 0.3) is 0 Å². The van der Waals surface area contributed by atoms with Gasteiger partial charge in [0.2, 0.25) is 0 Å². The van der Waals surface area contributed by atoms with E-state index in [0.717, 1.165) is 26.1 Å². The fourth-order valence-electron chi connectivity index (χ4n) is 1.50. The van der Waals surface area contributed by atoms with Crippen LogP contribution in [0.25, 0.3) is 0 Å². The number of nitrogens with one attached hydrogen (secondary N) is 1. The second-order valence-electron chi connectivity index (χ2n) is 3.90. The third kappa shape index (κ3) is 8.90. The Morgan fingerprint density at radius 1 is 1.50 bits per heavy atom. The predicted molar refractivity (Wildman–Crippen MR) is 81.6 cm³/mol. The van der Waals surface area contributed by atoms with Gasteiger partial charge >= 0.3 is 0 Å². The Morgan fingerprint density at radius 3 is 3.00 bits per heavy atom. The van der Waals surface area contributed by atoms with Crippen molar-refractivity contribution in [2.45, 2.75) is 18.9 Å². The molecular formula is C11H24IN3O3. The molecule has 0 aliphatic carbocycles. The summed E-state index contributed by atoms with van der Waals surface area (Å²) in [5.41, 5.74) is 5.64. The molecule has 0 bridgehead atoms. The highest BCUT2D eigenvalue weighted by molar-refractivity contribution is 14.0. The van der Waals surface area contributed by atoms with Gasteiger partial charge in [0.1, 0.15) is 0 Å². The van der Waals surface area contributed by atoms with E-state index in [9.17, 15) is 0 Å². The van der Waals surface area contributed by atoms with Crippen molar-refractivity contribution < 1.29 is 14.2 Å². The molecule has 3 N–H and O–H groups in total. The van der Waals surface area contributed by atoms with Crippen molar-refractivity contribution in [3.8, 4) is 0 Å². The van der Waals surface area contributed by atoms with Crippen molar-refractivity contribution in [2.24, 2.45) is 10.7 Å². The summed E-state index contributed by atoms with van der Waals surface area (Å²) in [7, 11) is 1.65. The first kappa shape index (κ1) is 17.9. The minimum Gasteiger partial charge on any atom is -0.383 e. The second-order valence-corrected chi connectivity index (χ2v) is 3.90. The highest BCUT2D eigenvalue weighted by Gasteiger charge is 2.14. The molecule has 1 aliphatic heterocycles. The Labute approximate surface area is 126 Å². The SMILES string of the molecule is COCCNC(N)=NCCCOC1CCOC1.I. The average molecular weight is 373 g/mol. The molecule has 0 amide bonds. The van der Waals surface area contributed by atoms with Gasteiger partial charge in [-0.2, -0.15) is 0 Å². The van der Waals surface area contributed by atoms with Crippen molar-refractivity contribution in [3.05, 3.63) is 0 Å². The minimum absolute atomic E-state index is 0. The van der Waals surface area contributed by atoms with Gasteiger partial charge in [0.05, 0.1) is 19.3 Å². The molecule has 0 radical (unpaired) electrons. The zero-order valence-corrected chi connectivity index (χ0v) is 13.2. The van der Waals surface area contributed by atoms with Crippen molar-refractivity contribution in [1.82, 2.24) is 5.32 Å². The zero-order chi connectivity index (χ0) is 12.3. The summed E-state index contributed by atoms with van der Waals surface area (Å²) >= 11 is 0. The van der Waals surface area contributed by atoms with Crippen LogP contribution in [0.4, 0.5) is 0 Å². The lowest BCUT2D eigenvalue weighted by atomic mass is 10.3. The Kier molecular flexibility index (Phi) is 11.9. The average Bonchev–Trinajstić information content (AvgIpc) is 2.82. The number of methoxy groups -OCH3 is 1. The van der Waals surface area contributed by atoms with Crippen LogP contribution >= 0.6 is 24.0 Å². The Hall–Kier alpha value is -0.120. The van der Waals surface area contributed by atoms with Crippen molar-refractivity contribution in [3.63, 3.8) is 0 Å². The van der Waals surface area contributed by atoms with E-state index >= 15 is 0 Å². The normalized spacial score (nSPS) is 19.6. The molecule has 108 valence electrons. The molecule has 1 rings (SSSR count). The van der Waals surface area contributed by atoms with Gasteiger partial charge in [-0.25, -0.2) is 0 Å². The van der Waals surface area contributed by atoms with Crippen molar-refractivity contribution >= 4 is 29.9 Å². The Balaban J connectivity index is 0.00000289. The van der Waals surface area contributed by atoms with Crippen LogP contribution < -0.4 is 11.1 Å². The summed E-state index contributed by atoms with van der Waals surface area (Å²) in [6.07, 6.45) is 2.16. The quantitative estimate of drug-likeness (QED) is 0.278. The molecule has 1 heterocycles. The predicted octanol–water partition coefficient (Wildman–Crippen LogP) is 0.351. The fourth-order valence-corrected chi connectivity index (χ4v) is 1.50. The molecular weight excluding hydrogens is 349 g/mol. The molecule has 7 heteroatoms. The van der Waals surface area contributed by atoms with E-state index in [4.69, 9.17) is 19.9 Å². The maximum absolute atomic E-state index is 5.64. The molecule has 6 nitrogen and oxygen atoms in total. The maximum Gasteiger partial charge on any atom is 0.188 e. The second kappa shape index (κ2) is 11.9. The highest BCUT2D eigenvalue weighted by Crippen LogP contribution is 2.07. The summed E-state index contributed by atoms with van der Waals surface area (Å²) in [5.74, 6) is 0.464. The molecule has 1 aliphatic rings. The number of aliphatic imine (C=N–C) groups is 1. The van der Waals surface area contributed by atoms with Crippen LogP contribution in [0.15, 0.2) is 4.99 Å². The van der Waals surface area contributed by atoms with Crippen LogP contribution in [0.1, 0.15) is 12.8 Å². The highest BCUT2D eigenvalue weighted by atomic mass is 127. The van der Waals surface area contributed by atoms with Gasteiger partial charge in [-0.1, -0.05) is 0 Å². The van der Waals surface area contributed by atoms with Crippen LogP contribution in [0.5, 0.6) is 0 Å². The first-order valence-corrected chi connectivity index (χ1v) is 6.05. The van der Waals surface area contributed by atoms with Crippen LogP contribution in [-0.4, -0.2) is 58.7 Å². The summed E-state index contributed by atoms with van der Waals surface area (Å²) in [5, 5.41) is 2.96. The summed E-state index contributed by atoms with van der Waals surface area (Å²) in [6.45, 7) is 4.24. The van der Waals surface area contributed by atoms with Gasteiger partial charge in [-0.3, -0.25) is 4.99 Å². The lowest BCUT2D eigenvalue weighted by Crippen LogP contribution is -2.34. The number of hydrogen-bond donors (Lipinski definition) is 2. The van der Waals surface area contributed by atoms with Crippen LogP contribution in [-0.2, 0) is 14.2 Å². The van der Waals surface area contributed by atoms with E-state index < -0.39 is 0 Å². The van der Waals surface area contributed by atoms with Crippen LogP contribution in [0.2, 0.25) is 0 Å². The van der Waals surface area contributed by atoms with Gasteiger partial charge in [0.15, 0.2) is 5.96 Å². The summed E-state index contributed by atoms with van der Waals surface area (Å²) < 4.78 is 15.7. The van der Waals surface area contributed by atoms with Gasteiger partial charge in [-0.05, 0) is 12.8 Å². The van der Waals surface area contributed by atoms with Gasteiger partial charge in [-0.15, -0.1) is 24.0 Å². The topological polar surface area (TPSA) is 78.1 Å². The first-order chi connectivity index (χ1) is 8.33. The zero-order valence-electron chi connectivity index (χ0n) is 10.9. The molecule has 0 aromatic carbocycles. The summed E-state index contributed by atoms with van der Waals surface area (Å²) in [6, 6.07) is 0. The maximum atomic E-state index is 5.64. The number of nitrogens with two attached hydrogens (primary N) is 1. The molecule has 0 aromatic rings. The number of nitrogens with zero attached hydrogens (tertiary/aromatic N) is 1. The Morgan fingerprint density at radius 2 is 2.33 bits per heavy atom. The largest absolute Gasteiger partial charge is 0.383 e. The van der Waals surface area contributed by atoms with Gasteiger partial charge < -0.3 is 25.3 Å². The molecule has 1 unspecified atom stereocenters. The van der Waals surface area contributed by atoms with E-state index in [2.05, 4.69) is 10.3 Å². The number of rotatable bonds is 8. The number of hydrogen-bond acceptors (Lipinski definition) is 4. The number of guanidine groups is 1. The molecule has 18 heavy (non-hydrogen) atoms. The third-order valence-corrected chi connectivity index (χ3v) is 2.44. The standard InChI is InChI=1S/C11H23N3O3.HI/c1-15-8-5-14-11(12)13-4-2-6-17-10-3-7-16-9-10;/h10H,2-9H2,1H3,(H3,12,13,14);1H. The third-order valence-electron chi connectivity index (χ3n) is 2.44. The lowest BCUT2D eigenvalue weighted by Gasteiger charge is -2.08. The Bertz CT molecular complexity index is 224. The molecule has 0 saturated carbocycles. The molecule has 1 saturated heterocycles. The van der Waals surface area contributed by atoms with Gasteiger partial charge in [0, 0.05) is 33.4 Å². The van der Waals surface area contributed by atoms with Crippen LogP contribution in [0, 0.1) is 0 Å². The van der Waals surface area contributed by atoms with E-state index in [1.54, 1.807) is 7.11 Å². The lowest BCUT2D eigenvalue weighted by molar-refractivity contribution is 0.0424. The summed E-state index contributed by atoms with van der Waals surface area (Å²) in [4.78, 5) is 4.18. The van der Waals surface area contributed by atoms with Crippen molar-refractivity contribution in [2.75, 3.05) is 46.6 Å². The molecule has 1 atom stereocenters. The smallest absolute Gasteiger partial charge is 0.188 e. The molecule has 1 fully saturated rings. The minimum atomic E-state index is 0. The number of ether oxygens (including phenoxy) is 3. The van der Waals surface area contributed by atoms with E-state index in [1.165, 1.54) is 0 Å². The molecule has 0 spiro atoms.